The summed E-state index contributed by atoms with van der Waals surface area (Å²) in [7, 11) is -3.50. The number of halogens is 2. The molecule has 2 heterocycles. The van der Waals surface area contributed by atoms with Crippen molar-refractivity contribution in [3.8, 4) is 5.69 Å². The molecule has 0 unspecified atom stereocenters. The molecule has 4 rings (SSSR count). The maximum atomic E-state index is 14.5. The van der Waals surface area contributed by atoms with Crippen LogP contribution in [0.15, 0.2) is 41.3 Å². The fourth-order valence-electron chi connectivity index (χ4n) is 3.90. The third-order valence-corrected chi connectivity index (χ3v) is 6.78. The number of sulfone groups is 1. The van der Waals surface area contributed by atoms with Gasteiger partial charge in [0.15, 0.2) is 15.5 Å². The molecule has 0 radical (unpaired) electrons. The number of hydrogen-bond donors (Lipinski definition) is 0. The van der Waals surface area contributed by atoms with E-state index in [1.165, 1.54) is 24.3 Å². The van der Waals surface area contributed by atoms with Crippen LogP contribution in [0.4, 0.5) is 10.1 Å². The smallest absolute Gasteiger partial charge is 0.357 e. The van der Waals surface area contributed by atoms with Crippen molar-refractivity contribution in [1.82, 2.24) is 4.57 Å². The topological polar surface area (TPSA) is 77.8 Å². The molecule has 0 bridgehead atoms. The van der Waals surface area contributed by atoms with Gasteiger partial charge in [-0.05, 0) is 37.3 Å². The molecule has 1 aliphatic rings. The monoisotopic (exact) mass is 480 g/mol. The third kappa shape index (κ3) is 3.96. The summed E-state index contributed by atoms with van der Waals surface area (Å²) in [5.74, 6) is -1.24. The Morgan fingerprint density at radius 1 is 1.22 bits per heavy atom. The Kier molecular flexibility index (Phi) is 6.15. The van der Waals surface area contributed by atoms with Gasteiger partial charge in [0, 0.05) is 30.4 Å². The predicted octanol–water partition coefficient (Wildman–Crippen LogP) is 3.84. The number of fused-ring (bicyclic) bond motifs is 1. The normalized spacial score (nSPS) is 14.7. The summed E-state index contributed by atoms with van der Waals surface area (Å²) in [5, 5.41) is 0.244. The van der Waals surface area contributed by atoms with Gasteiger partial charge >= 0.3 is 5.97 Å². The molecule has 0 saturated carbocycles. The van der Waals surface area contributed by atoms with Crippen LogP contribution < -0.4 is 4.90 Å². The number of carbonyl (C=O) groups is 1. The molecule has 2 aromatic carbocycles. The van der Waals surface area contributed by atoms with Crippen LogP contribution in [-0.4, -0.2) is 58.1 Å². The molecule has 0 N–H and O–H groups in total. The first-order chi connectivity index (χ1) is 15.2. The van der Waals surface area contributed by atoms with Gasteiger partial charge in [-0.15, -0.1) is 0 Å². The molecular formula is C22H22ClFN2O5S. The molecular weight excluding hydrogens is 459 g/mol. The van der Waals surface area contributed by atoms with Gasteiger partial charge in [-0.1, -0.05) is 17.7 Å². The quantitative estimate of drug-likeness (QED) is 0.516. The second-order valence-electron chi connectivity index (χ2n) is 7.38. The third-order valence-electron chi connectivity index (χ3n) is 5.30. The first-order valence-electron chi connectivity index (χ1n) is 10.1. The van der Waals surface area contributed by atoms with Crippen LogP contribution in [0.25, 0.3) is 16.6 Å². The number of morpholine rings is 1. The summed E-state index contributed by atoms with van der Waals surface area (Å²) in [4.78, 5) is 15.2. The van der Waals surface area contributed by atoms with Gasteiger partial charge in [0.2, 0.25) is 0 Å². The molecule has 1 fully saturated rings. The van der Waals surface area contributed by atoms with Gasteiger partial charge in [0.25, 0.3) is 0 Å². The minimum absolute atomic E-state index is 0.0905. The Hall–Kier alpha value is -2.62. The summed E-state index contributed by atoms with van der Waals surface area (Å²) in [6.45, 7) is 3.64. The molecule has 7 nitrogen and oxygen atoms in total. The average Bonchev–Trinajstić information content (AvgIpc) is 3.12. The van der Waals surface area contributed by atoms with Crippen LogP contribution in [-0.2, 0) is 19.3 Å². The Morgan fingerprint density at radius 2 is 1.94 bits per heavy atom. The maximum absolute atomic E-state index is 14.5. The zero-order chi connectivity index (χ0) is 23.0. The summed E-state index contributed by atoms with van der Waals surface area (Å²) in [5.41, 5.74) is 1.48. The summed E-state index contributed by atoms with van der Waals surface area (Å²) >= 11 is 6.41. The number of carbonyl (C=O) groups excluding carboxylic acids is 1. The van der Waals surface area contributed by atoms with E-state index in [0.717, 1.165) is 6.26 Å². The van der Waals surface area contributed by atoms with E-state index in [9.17, 15) is 17.6 Å². The van der Waals surface area contributed by atoms with Crippen molar-refractivity contribution in [2.24, 2.45) is 0 Å². The molecule has 1 aromatic heterocycles. The highest BCUT2D eigenvalue weighted by Crippen LogP contribution is 2.42. The average molecular weight is 481 g/mol. The molecule has 0 aliphatic carbocycles. The van der Waals surface area contributed by atoms with Crippen LogP contribution in [0.1, 0.15) is 17.4 Å². The number of esters is 1. The SMILES string of the molecule is CCOC(=O)c1c(N2CCOCC2)c2c(Cl)c(F)ccc2n1-c1cccc(S(C)(=O)=O)c1. The maximum Gasteiger partial charge on any atom is 0.357 e. The fourth-order valence-corrected chi connectivity index (χ4v) is 4.81. The van der Waals surface area contributed by atoms with Crippen molar-refractivity contribution in [3.63, 3.8) is 0 Å². The zero-order valence-electron chi connectivity index (χ0n) is 17.6. The number of hydrogen-bond acceptors (Lipinski definition) is 6. The van der Waals surface area contributed by atoms with Crippen LogP contribution >= 0.6 is 11.6 Å². The highest BCUT2D eigenvalue weighted by molar-refractivity contribution is 7.90. The van der Waals surface area contributed by atoms with Crippen molar-refractivity contribution in [1.29, 1.82) is 0 Å². The lowest BCUT2D eigenvalue weighted by atomic mass is 10.2. The molecule has 10 heteroatoms. The lowest BCUT2D eigenvalue weighted by Gasteiger charge is -2.29. The van der Waals surface area contributed by atoms with Crippen molar-refractivity contribution >= 4 is 44.0 Å². The molecule has 0 amide bonds. The Bertz CT molecular complexity index is 1300. The van der Waals surface area contributed by atoms with E-state index in [0.29, 0.717) is 48.6 Å². The molecule has 1 saturated heterocycles. The summed E-state index contributed by atoms with van der Waals surface area (Å²) in [6.07, 6.45) is 1.11. The molecule has 3 aromatic rings. The second-order valence-corrected chi connectivity index (χ2v) is 9.77. The van der Waals surface area contributed by atoms with E-state index >= 15 is 0 Å². The number of aromatic nitrogens is 1. The molecule has 0 atom stereocenters. The molecule has 170 valence electrons. The number of nitrogens with zero attached hydrogens (tertiary/aromatic N) is 2. The highest BCUT2D eigenvalue weighted by atomic mass is 35.5. The van der Waals surface area contributed by atoms with Crippen molar-refractivity contribution < 1.29 is 27.1 Å². The van der Waals surface area contributed by atoms with Crippen molar-refractivity contribution in [3.05, 3.63) is 52.9 Å². The van der Waals surface area contributed by atoms with Crippen LogP contribution in [0, 0.1) is 5.82 Å². The number of benzene rings is 2. The fraction of sp³-hybridized carbons (Fsp3) is 0.318. The molecule has 1 aliphatic heterocycles. The number of ether oxygens (including phenoxy) is 2. The van der Waals surface area contributed by atoms with Gasteiger partial charge in [0.1, 0.15) is 5.82 Å². The van der Waals surface area contributed by atoms with E-state index in [2.05, 4.69) is 0 Å². The van der Waals surface area contributed by atoms with Gasteiger partial charge in [-0.25, -0.2) is 17.6 Å². The molecule has 32 heavy (non-hydrogen) atoms. The highest BCUT2D eigenvalue weighted by Gasteiger charge is 2.31. The van der Waals surface area contributed by atoms with E-state index in [4.69, 9.17) is 21.1 Å². The van der Waals surface area contributed by atoms with Crippen molar-refractivity contribution in [2.75, 3.05) is 44.1 Å². The van der Waals surface area contributed by atoms with E-state index in [1.807, 2.05) is 4.90 Å². The first kappa shape index (κ1) is 22.6. The second kappa shape index (κ2) is 8.73. The van der Waals surface area contributed by atoms with Gasteiger partial charge in [-0.2, -0.15) is 0 Å². The minimum Gasteiger partial charge on any atom is -0.461 e. The first-order valence-corrected chi connectivity index (χ1v) is 12.3. The van der Waals surface area contributed by atoms with E-state index in [1.54, 1.807) is 23.6 Å². The van der Waals surface area contributed by atoms with Crippen molar-refractivity contribution in [2.45, 2.75) is 11.8 Å². The van der Waals surface area contributed by atoms with E-state index in [-0.39, 0.29) is 22.2 Å². The van der Waals surface area contributed by atoms with Gasteiger partial charge in [-0.3, -0.25) is 0 Å². The predicted molar refractivity (Wildman–Crippen MR) is 120 cm³/mol. The zero-order valence-corrected chi connectivity index (χ0v) is 19.2. The Labute approximate surface area is 190 Å². The van der Waals surface area contributed by atoms with Crippen LogP contribution in [0.5, 0.6) is 0 Å². The molecule has 0 spiro atoms. The van der Waals surface area contributed by atoms with Gasteiger partial charge in [0.05, 0.1) is 40.9 Å². The standard InChI is InChI=1S/C22H22ClFN2O5S/c1-3-31-22(27)21-20(25-9-11-30-12-10-25)18-17(8-7-16(24)19(18)23)26(21)14-5-4-6-15(13-14)32(2,28)29/h4-8,13H,3,9-12H2,1-2H3. The number of anilines is 1. The van der Waals surface area contributed by atoms with Gasteiger partial charge < -0.3 is 18.9 Å². The number of rotatable bonds is 5. The van der Waals surface area contributed by atoms with E-state index < -0.39 is 21.6 Å². The lowest BCUT2D eigenvalue weighted by Crippen LogP contribution is -2.37. The summed E-state index contributed by atoms with van der Waals surface area (Å²) in [6, 6.07) is 8.96. The minimum atomic E-state index is -3.50. The summed E-state index contributed by atoms with van der Waals surface area (Å²) < 4.78 is 51.2. The Morgan fingerprint density at radius 3 is 2.59 bits per heavy atom. The van der Waals surface area contributed by atoms with Crippen LogP contribution in [0.3, 0.4) is 0 Å². The Balaban J connectivity index is 2.12. The lowest BCUT2D eigenvalue weighted by molar-refractivity contribution is 0.0517. The largest absolute Gasteiger partial charge is 0.461 e. The van der Waals surface area contributed by atoms with Crippen LogP contribution in [0.2, 0.25) is 5.02 Å².